The number of carbonyl (C=O) groups is 6. The number of imidazole rings is 1. The van der Waals surface area contributed by atoms with Gasteiger partial charge < -0.3 is 50.6 Å². The summed E-state index contributed by atoms with van der Waals surface area (Å²) < 4.78 is 22.2. The van der Waals surface area contributed by atoms with E-state index in [2.05, 4.69) is 32.7 Å². The number of nitrogens with one attached hydrogen (secondary N) is 3. The predicted octanol–water partition coefficient (Wildman–Crippen LogP) is 2.48. The number of carbonyl (C=O) groups excluding carboxylic acids is 6. The lowest BCUT2D eigenvalue weighted by molar-refractivity contribution is -0.140. The molecule has 7 atom stereocenters. The third kappa shape index (κ3) is 19.1. The van der Waals surface area contributed by atoms with E-state index in [-0.39, 0.29) is 50.0 Å². The molecule has 1 aromatic heterocycles. The second kappa shape index (κ2) is 27.1. The third-order valence-electron chi connectivity index (χ3n) is 11.5. The Balaban J connectivity index is 1.76. The molecule has 18 nitrogen and oxygen atoms in total. The number of likely N-dealkylation sites (tertiary alicyclic amines) is 1. The van der Waals surface area contributed by atoms with Crippen LogP contribution in [0.4, 0.5) is 0 Å². The molecule has 0 bridgehead atoms. The number of nitrogens with two attached hydrogens (primary N) is 1. The molecule has 0 spiro atoms. The predicted molar refractivity (Wildman–Crippen MR) is 234 cm³/mol. The number of primary amides is 1. The van der Waals surface area contributed by atoms with Gasteiger partial charge in [0.15, 0.2) is 11.6 Å². The first kappa shape index (κ1) is 53.0. The first-order valence-electron chi connectivity index (χ1n) is 21.9. The normalized spacial score (nSPS) is 17.7. The fraction of sp³-hybridized carbons (Fsp3) is 0.659. The molecule has 63 heavy (non-hydrogen) atoms. The number of aryl methyl sites for hydroxylation is 1. The van der Waals surface area contributed by atoms with Crippen LogP contribution in [0, 0.1) is 29.6 Å². The summed E-state index contributed by atoms with van der Waals surface area (Å²) in [7, 11) is -3.01. The number of aromatic amines is 1. The van der Waals surface area contributed by atoms with E-state index in [1.54, 1.807) is 12.0 Å². The zero-order valence-electron chi connectivity index (χ0n) is 37.1. The Morgan fingerprint density at radius 3 is 2.30 bits per heavy atom. The molecule has 1 aromatic carbocycles. The second-order valence-electron chi connectivity index (χ2n) is 17.2. The van der Waals surface area contributed by atoms with E-state index >= 15 is 0 Å². The van der Waals surface area contributed by atoms with Gasteiger partial charge in [-0.2, -0.15) is 0 Å². The van der Waals surface area contributed by atoms with E-state index in [4.69, 9.17) is 15.2 Å². The first-order valence-corrected chi connectivity index (χ1v) is 23.7. The summed E-state index contributed by atoms with van der Waals surface area (Å²) in [6, 6.07) is 6.90. The van der Waals surface area contributed by atoms with Gasteiger partial charge in [0.2, 0.25) is 23.6 Å². The van der Waals surface area contributed by atoms with Crippen LogP contribution in [0.3, 0.4) is 0 Å². The van der Waals surface area contributed by atoms with Crippen LogP contribution in [-0.4, -0.2) is 129 Å². The molecule has 19 heteroatoms. The number of methoxy groups -OCH3 is 1. The van der Waals surface area contributed by atoms with E-state index in [1.165, 1.54) is 25.0 Å². The molecule has 8 N–H and O–H groups in total. The largest absolute Gasteiger partial charge is 0.394 e. The number of aliphatic hydroxyl groups excluding tert-OH is 1. The van der Waals surface area contributed by atoms with Crippen molar-refractivity contribution in [3.8, 4) is 0 Å². The molecular formula is C44H69N6O12P. The van der Waals surface area contributed by atoms with Crippen molar-refractivity contribution >= 4 is 42.8 Å². The number of aliphatic hydroxyl groups is 1. The van der Waals surface area contributed by atoms with Crippen molar-refractivity contribution in [3.05, 3.63) is 54.1 Å². The highest BCUT2D eigenvalue weighted by molar-refractivity contribution is 7.51. The minimum atomic E-state index is -4.56. The van der Waals surface area contributed by atoms with Gasteiger partial charge in [-0.05, 0) is 55.4 Å². The minimum absolute atomic E-state index is 0.0279. The Hall–Kier alpha value is -4.32. The van der Waals surface area contributed by atoms with Gasteiger partial charge in [-0.3, -0.25) is 33.3 Å². The quantitative estimate of drug-likeness (QED) is 0.0424. The van der Waals surface area contributed by atoms with E-state index in [1.807, 2.05) is 32.0 Å². The maximum absolute atomic E-state index is 14.2. The first-order chi connectivity index (χ1) is 29.9. The van der Waals surface area contributed by atoms with Crippen LogP contribution in [0.5, 0.6) is 0 Å². The molecule has 0 aliphatic carbocycles. The Morgan fingerprint density at radius 1 is 0.968 bits per heavy atom. The molecule has 1 fully saturated rings. The number of hydrogen-bond acceptors (Lipinski definition) is 11. The lowest BCUT2D eigenvalue weighted by Crippen LogP contribution is -2.52. The fourth-order valence-electron chi connectivity index (χ4n) is 8.06. The summed E-state index contributed by atoms with van der Waals surface area (Å²) in [6.07, 6.45) is 6.66. The number of Topliss-reactive ketones (excluding diaryl/α,β-unsaturated/α-hetero) is 2. The van der Waals surface area contributed by atoms with Crippen LogP contribution in [0.1, 0.15) is 89.8 Å². The van der Waals surface area contributed by atoms with E-state index in [0.717, 1.165) is 32.1 Å². The van der Waals surface area contributed by atoms with Gasteiger partial charge in [0, 0.05) is 50.7 Å². The van der Waals surface area contributed by atoms with Gasteiger partial charge in [-0.25, -0.2) is 4.98 Å². The average molecular weight is 905 g/mol. The van der Waals surface area contributed by atoms with Gasteiger partial charge >= 0.3 is 7.60 Å². The molecule has 352 valence electrons. The van der Waals surface area contributed by atoms with Crippen LogP contribution < -0.4 is 16.4 Å². The smallest absolute Gasteiger partial charge is 0.325 e. The lowest BCUT2D eigenvalue weighted by atomic mass is 9.87. The van der Waals surface area contributed by atoms with Gasteiger partial charge in [0.25, 0.3) is 0 Å². The number of ether oxygens (including phenoxy) is 2. The van der Waals surface area contributed by atoms with Gasteiger partial charge in [-0.1, -0.05) is 63.9 Å². The minimum Gasteiger partial charge on any atom is -0.394 e. The summed E-state index contributed by atoms with van der Waals surface area (Å²) in [5.74, 6) is -7.07. The monoisotopic (exact) mass is 904 g/mol. The van der Waals surface area contributed by atoms with Crippen LogP contribution in [0.25, 0.3) is 0 Å². The topological polar surface area (TPSA) is 281 Å². The van der Waals surface area contributed by atoms with E-state index in [0.29, 0.717) is 31.9 Å². The molecule has 0 radical (unpaired) electrons. The Bertz CT molecular complexity index is 1790. The number of amides is 4. The Labute approximate surface area is 370 Å². The van der Waals surface area contributed by atoms with Crippen LogP contribution in [0.2, 0.25) is 0 Å². The maximum Gasteiger partial charge on any atom is 0.325 e. The molecule has 1 aliphatic heterocycles. The van der Waals surface area contributed by atoms with Crippen molar-refractivity contribution in [2.75, 3.05) is 46.2 Å². The van der Waals surface area contributed by atoms with Crippen molar-refractivity contribution in [3.63, 3.8) is 0 Å². The van der Waals surface area contributed by atoms with Crippen LogP contribution >= 0.6 is 7.60 Å². The van der Waals surface area contributed by atoms with Gasteiger partial charge in [-0.15, -0.1) is 0 Å². The number of ketones is 2. The maximum atomic E-state index is 14.2. The number of unbranched alkanes of at least 4 members (excludes halogenated alkanes) is 2. The zero-order chi connectivity index (χ0) is 46.5. The van der Waals surface area contributed by atoms with Crippen molar-refractivity contribution in [2.45, 2.75) is 110 Å². The molecule has 1 saturated heterocycles. The summed E-state index contributed by atoms with van der Waals surface area (Å²) in [6.45, 7) is 5.54. The fourth-order valence-corrected chi connectivity index (χ4v) is 9.07. The van der Waals surface area contributed by atoms with Crippen LogP contribution in [-0.2, 0) is 55.6 Å². The van der Waals surface area contributed by atoms with E-state index < -0.39 is 92.0 Å². The van der Waals surface area contributed by atoms with Crippen LogP contribution in [0.15, 0.2) is 42.9 Å². The third-order valence-corrected chi connectivity index (χ3v) is 12.5. The molecule has 1 aliphatic rings. The molecule has 4 amide bonds. The van der Waals surface area contributed by atoms with Gasteiger partial charge in [0.1, 0.15) is 12.1 Å². The Kier molecular flexibility index (Phi) is 22.8. The average Bonchev–Trinajstić information content (AvgIpc) is 3.91. The highest BCUT2D eigenvalue weighted by Crippen LogP contribution is 2.39. The Morgan fingerprint density at radius 2 is 1.68 bits per heavy atom. The SMILES string of the molecule is COCCOCCC(=O)N1C[C@H](CCCCCc2ccccc2)C[C@H]1C(=O)N[C@@H](CC(C)C)C(=O)C[C@@H](Cc1cnc[nH]1)C(=O)N[C@@H](CO)C(=O)C[C@H](C(N)=O)[C@@H](C)CP(=O)(O)O. The summed E-state index contributed by atoms with van der Waals surface area (Å²) in [5, 5.41) is 15.6. The number of hydrogen-bond donors (Lipinski definition) is 7. The van der Waals surface area contributed by atoms with Crippen molar-refractivity contribution in [2.24, 2.45) is 35.3 Å². The molecule has 3 rings (SSSR count). The van der Waals surface area contributed by atoms with E-state index in [9.17, 15) is 48.2 Å². The summed E-state index contributed by atoms with van der Waals surface area (Å²) in [5.41, 5.74) is 7.25. The van der Waals surface area contributed by atoms with Crippen molar-refractivity contribution in [1.29, 1.82) is 0 Å². The molecule has 2 aromatic rings. The number of rotatable bonds is 31. The molecule has 0 unspecified atom stereocenters. The number of nitrogens with zero attached hydrogens (tertiary/aromatic N) is 2. The molecule has 2 heterocycles. The van der Waals surface area contributed by atoms with Crippen molar-refractivity contribution in [1.82, 2.24) is 25.5 Å². The highest BCUT2D eigenvalue weighted by Gasteiger charge is 2.41. The lowest BCUT2D eigenvalue weighted by Gasteiger charge is -2.28. The van der Waals surface area contributed by atoms with Crippen molar-refractivity contribution < 1.29 is 57.7 Å². The molecule has 0 saturated carbocycles. The molecular weight excluding hydrogens is 835 g/mol. The second-order valence-corrected chi connectivity index (χ2v) is 18.9. The number of benzene rings is 1. The number of aromatic nitrogens is 2. The standard InChI is InChI=1S/C44H69N6O12P/c1-29(2)19-36(48-44(57)38-20-32(14-10-6-9-13-31-11-7-5-8-12-31)25-50(38)41(54)15-16-62-18-17-61-4)39(52)22-33(21-34-24-46-28-47-34)43(56)49-37(26-51)40(53)23-35(42(45)55)30(3)27-63(58,59)60/h5,7-8,11-12,24,28-30,32-33,35-38,51H,6,9-10,13-23,25-27H2,1-4H3,(H2,45,55)(H,46,47)(H,48,57)(H,49,56)(H2,58,59,60)/t30-,32+,33+,35-,36-,37-,38-/m0/s1. The van der Waals surface area contributed by atoms with Gasteiger partial charge in [0.05, 0.1) is 57.3 Å². The zero-order valence-corrected chi connectivity index (χ0v) is 38.0. The highest BCUT2D eigenvalue weighted by atomic mass is 31.2. The summed E-state index contributed by atoms with van der Waals surface area (Å²) in [4.78, 5) is 109. The summed E-state index contributed by atoms with van der Waals surface area (Å²) >= 11 is 0. The number of H-pyrrole nitrogens is 1.